The highest BCUT2D eigenvalue weighted by Crippen LogP contribution is 2.46. The van der Waals surface area contributed by atoms with Gasteiger partial charge in [-0.25, -0.2) is 13.4 Å². The number of fused-ring (bicyclic) bond motifs is 1. The number of benzene rings is 1. The van der Waals surface area contributed by atoms with Gasteiger partial charge in [0, 0.05) is 12.7 Å². The zero-order valence-corrected chi connectivity index (χ0v) is 13.5. The van der Waals surface area contributed by atoms with E-state index in [1.165, 1.54) is 42.6 Å². The summed E-state index contributed by atoms with van der Waals surface area (Å²) >= 11 is 0. The van der Waals surface area contributed by atoms with Gasteiger partial charge in [0.05, 0.1) is 11.6 Å². The van der Waals surface area contributed by atoms with Crippen molar-refractivity contribution in [3.8, 4) is 6.07 Å². The fraction of sp³-hybridized carbons (Fsp3) is 0.250. The summed E-state index contributed by atoms with van der Waals surface area (Å²) < 4.78 is 66.6. The monoisotopic (exact) mass is 367 g/mol. The number of anilines is 1. The van der Waals surface area contributed by atoms with Crippen molar-refractivity contribution in [2.75, 3.05) is 10.8 Å². The summed E-state index contributed by atoms with van der Waals surface area (Å²) in [6, 6.07) is 9.83. The lowest BCUT2D eigenvalue weighted by atomic mass is 9.90. The molecule has 5 nitrogen and oxygen atoms in total. The van der Waals surface area contributed by atoms with Gasteiger partial charge < -0.3 is 0 Å². The second kappa shape index (κ2) is 6.04. The maximum atomic E-state index is 13.3. The predicted octanol–water partition coefficient (Wildman–Crippen LogP) is 3.20. The number of pyridine rings is 1. The van der Waals surface area contributed by atoms with Crippen LogP contribution in [0.5, 0.6) is 0 Å². The van der Waals surface area contributed by atoms with Crippen molar-refractivity contribution in [1.82, 2.24) is 4.98 Å². The smallest absolute Gasteiger partial charge is 0.266 e. The van der Waals surface area contributed by atoms with Crippen molar-refractivity contribution in [2.24, 2.45) is 0 Å². The summed E-state index contributed by atoms with van der Waals surface area (Å²) in [4.78, 5) is 3.40. The number of rotatable bonds is 2. The summed E-state index contributed by atoms with van der Waals surface area (Å²) in [5.74, 6) is -1.72. The highest BCUT2D eigenvalue weighted by Gasteiger charge is 2.46. The number of aromatic nitrogens is 1. The van der Waals surface area contributed by atoms with Gasteiger partial charge in [-0.2, -0.15) is 18.4 Å². The number of alkyl halides is 3. The van der Waals surface area contributed by atoms with Crippen molar-refractivity contribution in [3.05, 3.63) is 53.9 Å². The number of hydrogen-bond acceptors (Lipinski definition) is 4. The number of nitrogens with zero attached hydrogens (tertiary/aromatic N) is 3. The lowest BCUT2D eigenvalue weighted by molar-refractivity contribution is -0.151. The Morgan fingerprint density at radius 2 is 1.92 bits per heavy atom. The standard InChI is InChI=1S/C16H12F3N3O2S/c17-16(18,19)12-7-9-22(14-5-2-1-4-11(12)14)25(23,24)15-6-3-8-21-13(15)10-20/h1-6,8,12H,7,9H2. The third-order valence-electron chi connectivity index (χ3n) is 4.04. The van der Waals surface area contributed by atoms with Crippen LogP contribution in [-0.4, -0.2) is 26.1 Å². The van der Waals surface area contributed by atoms with E-state index in [0.717, 1.165) is 4.31 Å². The molecule has 25 heavy (non-hydrogen) atoms. The Hall–Kier alpha value is -2.60. The highest BCUT2D eigenvalue weighted by molar-refractivity contribution is 7.92. The molecule has 1 unspecified atom stereocenters. The van der Waals surface area contributed by atoms with E-state index >= 15 is 0 Å². The van der Waals surface area contributed by atoms with E-state index in [1.807, 2.05) is 0 Å². The molecule has 1 aromatic heterocycles. The third kappa shape index (κ3) is 2.93. The molecule has 2 heterocycles. The molecular weight excluding hydrogens is 355 g/mol. The van der Waals surface area contributed by atoms with Crippen LogP contribution in [0.1, 0.15) is 23.6 Å². The first-order valence-corrected chi connectivity index (χ1v) is 8.74. The Balaban J connectivity index is 2.14. The van der Waals surface area contributed by atoms with Crippen molar-refractivity contribution in [1.29, 1.82) is 5.26 Å². The quantitative estimate of drug-likeness (QED) is 0.817. The molecule has 2 aromatic rings. The molecule has 1 aliphatic rings. The van der Waals surface area contributed by atoms with Crippen LogP contribution < -0.4 is 4.31 Å². The van der Waals surface area contributed by atoms with Gasteiger partial charge in [0.15, 0.2) is 5.69 Å². The second-order valence-corrected chi connectivity index (χ2v) is 7.31. The van der Waals surface area contributed by atoms with E-state index < -0.39 is 22.1 Å². The summed E-state index contributed by atoms with van der Waals surface area (Å²) in [6.07, 6.45) is -3.57. The van der Waals surface area contributed by atoms with Gasteiger partial charge >= 0.3 is 6.18 Å². The highest BCUT2D eigenvalue weighted by atomic mass is 32.2. The van der Waals surface area contributed by atoms with Gasteiger partial charge in [0.1, 0.15) is 11.0 Å². The van der Waals surface area contributed by atoms with E-state index in [-0.39, 0.29) is 34.8 Å². The second-order valence-electron chi connectivity index (χ2n) is 5.48. The number of hydrogen-bond donors (Lipinski definition) is 0. The SMILES string of the molecule is N#Cc1ncccc1S(=O)(=O)N1CCC(C(F)(F)F)c2ccccc21. The van der Waals surface area contributed by atoms with Crippen LogP contribution in [0.3, 0.4) is 0 Å². The minimum Gasteiger partial charge on any atom is -0.266 e. The molecule has 0 saturated carbocycles. The van der Waals surface area contributed by atoms with Crippen molar-refractivity contribution in [2.45, 2.75) is 23.4 Å². The van der Waals surface area contributed by atoms with Crippen LogP contribution in [0.2, 0.25) is 0 Å². The van der Waals surface area contributed by atoms with E-state index in [1.54, 1.807) is 6.07 Å². The van der Waals surface area contributed by atoms with Crippen LogP contribution in [0.15, 0.2) is 47.5 Å². The largest absolute Gasteiger partial charge is 0.395 e. The van der Waals surface area contributed by atoms with Gasteiger partial charge in [-0.15, -0.1) is 0 Å². The normalized spacial score (nSPS) is 17.7. The Labute approximate surface area is 142 Å². The zero-order valence-electron chi connectivity index (χ0n) is 12.7. The first kappa shape index (κ1) is 17.2. The molecular formula is C16H12F3N3O2S. The molecule has 1 aromatic carbocycles. The van der Waals surface area contributed by atoms with E-state index in [0.29, 0.717) is 0 Å². The molecule has 0 fully saturated rings. The number of sulfonamides is 1. The molecule has 0 N–H and O–H groups in total. The Morgan fingerprint density at radius 3 is 2.60 bits per heavy atom. The maximum Gasteiger partial charge on any atom is 0.395 e. The molecule has 130 valence electrons. The first-order valence-electron chi connectivity index (χ1n) is 7.30. The minimum absolute atomic E-state index is 0.0242. The van der Waals surface area contributed by atoms with Crippen molar-refractivity contribution >= 4 is 15.7 Å². The Bertz CT molecular complexity index is 952. The molecule has 0 spiro atoms. The fourth-order valence-corrected chi connectivity index (χ4v) is 4.52. The first-order chi connectivity index (χ1) is 11.8. The average molecular weight is 367 g/mol. The van der Waals surface area contributed by atoms with Gasteiger partial charge in [0.2, 0.25) is 0 Å². The summed E-state index contributed by atoms with van der Waals surface area (Å²) in [6.45, 7) is -0.330. The van der Waals surface area contributed by atoms with E-state index in [2.05, 4.69) is 4.98 Å². The molecule has 9 heteroatoms. The van der Waals surface area contributed by atoms with Gasteiger partial charge in [0.25, 0.3) is 10.0 Å². The minimum atomic E-state index is -4.46. The lowest BCUT2D eigenvalue weighted by Crippen LogP contribution is -2.40. The number of halogens is 3. The molecule has 3 rings (SSSR count). The summed E-state index contributed by atoms with van der Waals surface area (Å²) in [5.41, 5.74) is -0.408. The number of para-hydroxylation sites is 1. The molecule has 0 amide bonds. The van der Waals surface area contributed by atoms with Crippen LogP contribution in [0, 0.1) is 11.3 Å². The van der Waals surface area contributed by atoms with E-state index in [4.69, 9.17) is 5.26 Å². The van der Waals surface area contributed by atoms with Crippen LogP contribution >= 0.6 is 0 Å². The van der Waals surface area contributed by atoms with Crippen LogP contribution in [0.25, 0.3) is 0 Å². The van der Waals surface area contributed by atoms with Gasteiger partial charge in [-0.3, -0.25) is 4.31 Å². The van der Waals surface area contributed by atoms with Gasteiger partial charge in [-0.05, 0) is 30.2 Å². The van der Waals surface area contributed by atoms with Crippen LogP contribution in [-0.2, 0) is 10.0 Å². The Morgan fingerprint density at radius 1 is 1.20 bits per heavy atom. The zero-order chi connectivity index (χ0) is 18.2. The average Bonchev–Trinajstić information content (AvgIpc) is 2.59. The summed E-state index contributed by atoms with van der Waals surface area (Å²) in [5, 5.41) is 9.08. The molecule has 0 bridgehead atoms. The van der Waals surface area contributed by atoms with Crippen molar-refractivity contribution in [3.63, 3.8) is 0 Å². The summed E-state index contributed by atoms with van der Waals surface area (Å²) in [7, 11) is -4.21. The van der Waals surface area contributed by atoms with Gasteiger partial charge in [-0.1, -0.05) is 18.2 Å². The topological polar surface area (TPSA) is 74.1 Å². The lowest BCUT2D eigenvalue weighted by Gasteiger charge is -2.35. The number of nitriles is 1. The van der Waals surface area contributed by atoms with Crippen LogP contribution in [0.4, 0.5) is 18.9 Å². The molecule has 1 aliphatic heterocycles. The fourth-order valence-electron chi connectivity index (χ4n) is 2.92. The molecule has 0 saturated heterocycles. The third-order valence-corrected chi connectivity index (χ3v) is 5.89. The maximum absolute atomic E-state index is 13.3. The predicted molar refractivity (Wildman–Crippen MR) is 83.3 cm³/mol. The van der Waals surface area contributed by atoms with E-state index in [9.17, 15) is 21.6 Å². The van der Waals surface area contributed by atoms with Crippen molar-refractivity contribution < 1.29 is 21.6 Å². The Kier molecular flexibility index (Phi) is 4.16. The molecule has 1 atom stereocenters. The molecule has 0 radical (unpaired) electrons. The molecule has 0 aliphatic carbocycles.